The maximum absolute atomic E-state index is 12.5. The van der Waals surface area contributed by atoms with Crippen molar-refractivity contribution < 1.29 is 19.1 Å². The first kappa shape index (κ1) is 23.6. The highest BCUT2D eigenvalue weighted by atomic mass is 16.5. The molecule has 1 aliphatic heterocycles. The van der Waals surface area contributed by atoms with Gasteiger partial charge in [-0.3, -0.25) is 14.5 Å². The fourth-order valence-corrected chi connectivity index (χ4v) is 3.98. The van der Waals surface area contributed by atoms with Crippen LogP contribution in [0.25, 0.3) is 0 Å². The quantitative estimate of drug-likeness (QED) is 0.595. The number of nitrogens with zero attached hydrogens (tertiary/aromatic N) is 1. The molecule has 0 spiro atoms. The number of ether oxygens (including phenoxy) is 2. The van der Waals surface area contributed by atoms with Gasteiger partial charge in [-0.1, -0.05) is 30.7 Å². The molecule has 1 heterocycles. The van der Waals surface area contributed by atoms with Crippen LogP contribution in [-0.2, 0) is 4.79 Å². The zero-order valence-electron chi connectivity index (χ0n) is 18.9. The van der Waals surface area contributed by atoms with E-state index in [9.17, 15) is 9.59 Å². The molecule has 2 aromatic carbocycles. The number of piperidine rings is 1. The van der Waals surface area contributed by atoms with Gasteiger partial charge in [0.2, 0.25) is 5.91 Å². The van der Waals surface area contributed by atoms with Crippen LogP contribution in [0.15, 0.2) is 48.5 Å². The van der Waals surface area contributed by atoms with Crippen LogP contribution in [0, 0.1) is 0 Å². The molecule has 1 atom stereocenters. The molecule has 3 rings (SSSR count). The number of rotatable bonds is 10. The van der Waals surface area contributed by atoms with E-state index < -0.39 is 0 Å². The number of likely N-dealkylation sites (tertiary alicyclic amines) is 1. The summed E-state index contributed by atoms with van der Waals surface area (Å²) < 4.78 is 10.8. The summed E-state index contributed by atoms with van der Waals surface area (Å²) in [6.07, 6.45) is 3.57. The van der Waals surface area contributed by atoms with Crippen LogP contribution in [0.1, 0.15) is 48.1 Å². The molecule has 0 aliphatic carbocycles. The van der Waals surface area contributed by atoms with Crippen LogP contribution in [0.2, 0.25) is 0 Å². The van der Waals surface area contributed by atoms with Crippen LogP contribution in [0.5, 0.6) is 11.5 Å². The molecule has 7 heteroatoms. The predicted octanol–water partition coefficient (Wildman–Crippen LogP) is 3.17. The molecule has 0 saturated carbocycles. The number of carbonyl (C=O) groups excluding carboxylic acids is 2. The van der Waals surface area contributed by atoms with Crippen molar-refractivity contribution >= 4 is 11.8 Å². The van der Waals surface area contributed by atoms with Crippen molar-refractivity contribution in [2.75, 3.05) is 39.9 Å². The first-order valence-corrected chi connectivity index (χ1v) is 11.3. The van der Waals surface area contributed by atoms with Gasteiger partial charge in [-0.05, 0) is 62.7 Å². The minimum atomic E-state index is -0.327. The SMILES string of the molecule is CCOc1ccccc1C(=O)NCC(=O)NCC(c1ccc(OC)cc1)N1CCCCC1. The van der Waals surface area contributed by atoms with Gasteiger partial charge < -0.3 is 20.1 Å². The van der Waals surface area contributed by atoms with Crippen molar-refractivity contribution in [3.63, 3.8) is 0 Å². The van der Waals surface area contributed by atoms with Gasteiger partial charge in [-0.15, -0.1) is 0 Å². The van der Waals surface area contributed by atoms with Crippen LogP contribution in [0.3, 0.4) is 0 Å². The summed E-state index contributed by atoms with van der Waals surface area (Å²) in [7, 11) is 1.65. The third kappa shape index (κ3) is 6.47. The van der Waals surface area contributed by atoms with Crippen LogP contribution in [-0.4, -0.2) is 56.6 Å². The highest BCUT2D eigenvalue weighted by Crippen LogP contribution is 2.26. The van der Waals surface area contributed by atoms with Crippen molar-refractivity contribution in [3.05, 3.63) is 59.7 Å². The van der Waals surface area contributed by atoms with Crippen molar-refractivity contribution in [1.29, 1.82) is 0 Å². The van der Waals surface area contributed by atoms with E-state index in [0.29, 0.717) is 24.5 Å². The second-order valence-electron chi connectivity index (χ2n) is 7.80. The van der Waals surface area contributed by atoms with Crippen molar-refractivity contribution in [1.82, 2.24) is 15.5 Å². The van der Waals surface area contributed by atoms with Gasteiger partial charge in [0, 0.05) is 6.54 Å². The molecular formula is C25H33N3O4. The zero-order valence-corrected chi connectivity index (χ0v) is 18.9. The fourth-order valence-electron chi connectivity index (χ4n) is 3.98. The first-order valence-electron chi connectivity index (χ1n) is 11.3. The summed E-state index contributed by atoms with van der Waals surface area (Å²) in [5.74, 6) is 0.775. The minimum absolute atomic E-state index is 0.0829. The molecule has 32 heavy (non-hydrogen) atoms. The van der Waals surface area contributed by atoms with E-state index in [2.05, 4.69) is 27.7 Å². The third-order valence-electron chi connectivity index (χ3n) is 5.67. The maximum Gasteiger partial charge on any atom is 0.255 e. The van der Waals surface area contributed by atoms with Crippen LogP contribution < -0.4 is 20.1 Å². The Balaban J connectivity index is 1.58. The summed E-state index contributed by atoms with van der Waals surface area (Å²) in [6.45, 7) is 4.75. The molecule has 0 radical (unpaired) electrons. The molecule has 2 amide bonds. The topological polar surface area (TPSA) is 79.9 Å². The molecule has 172 valence electrons. The number of methoxy groups -OCH3 is 1. The molecular weight excluding hydrogens is 406 g/mol. The average molecular weight is 440 g/mol. The van der Waals surface area contributed by atoms with Gasteiger partial charge in [0.15, 0.2) is 0 Å². The Morgan fingerprint density at radius 2 is 1.72 bits per heavy atom. The van der Waals surface area contributed by atoms with E-state index in [1.165, 1.54) is 6.42 Å². The monoisotopic (exact) mass is 439 g/mol. The molecule has 1 fully saturated rings. The normalized spacial score (nSPS) is 14.9. The molecule has 2 aromatic rings. The maximum atomic E-state index is 12.5. The average Bonchev–Trinajstić information content (AvgIpc) is 2.84. The Kier molecular flexibility index (Phi) is 8.92. The van der Waals surface area contributed by atoms with Gasteiger partial charge in [0.25, 0.3) is 5.91 Å². The number of benzene rings is 2. The van der Waals surface area contributed by atoms with Gasteiger partial charge in [-0.25, -0.2) is 0 Å². The van der Waals surface area contributed by atoms with Gasteiger partial charge in [-0.2, -0.15) is 0 Å². The lowest BCUT2D eigenvalue weighted by atomic mass is 10.0. The third-order valence-corrected chi connectivity index (χ3v) is 5.67. The first-order chi connectivity index (χ1) is 15.6. The molecule has 0 bridgehead atoms. The van der Waals surface area contributed by atoms with E-state index in [0.717, 1.165) is 37.2 Å². The summed E-state index contributed by atoms with van der Waals surface area (Å²) in [4.78, 5) is 27.5. The van der Waals surface area contributed by atoms with Crippen molar-refractivity contribution in [3.8, 4) is 11.5 Å². The van der Waals surface area contributed by atoms with E-state index >= 15 is 0 Å². The number of amides is 2. The Labute approximate surface area is 190 Å². The number of nitrogens with one attached hydrogen (secondary N) is 2. The second kappa shape index (κ2) is 12.1. The molecule has 1 unspecified atom stereocenters. The zero-order chi connectivity index (χ0) is 22.8. The van der Waals surface area contributed by atoms with Gasteiger partial charge in [0.05, 0.1) is 31.9 Å². The second-order valence-corrected chi connectivity index (χ2v) is 7.80. The fraction of sp³-hybridized carbons (Fsp3) is 0.440. The van der Waals surface area contributed by atoms with E-state index in [1.54, 1.807) is 25.3 Å². The lowest BCUT2D eigenvalue weighted by Gasteiger charge is -2.35. The summed E-state index contributed by atoms with van der Waals surface area (Å²) in [5.41, 5.74) is 1.56. The smallest absolute Gasteiger partial charge is 0.255 e. The largest absolute Gasteiger partial charge is 0.497 e. The van der Waals surface area contributed by atoms with Crippen molar-refractivity contribution in [2.45, 2.75) is 32.2 Å². The van der Waals surface area contributed by atoms with Crippen LogP contribution >= 0.6 is 0 Å². The van der Waals surface area contributed by atoms with Crippen molar-refractivity contribution in [2.24, 2.45) is 0 Å². The lowest BCUT2D eigenvalue weighted by molar-refractivity contribution is -0.120. The van der Waals surface area contributed by atoms with E-state index in [1.807, 2.05) is 25.1 Å². The molecule has 1 aliphatic rings. The van der Waals surface area contributed by atoms with Gasteiger partial charge in [0.1, 0.15) is 11.5 Å². The highest BCUT2D eigenvalue weighted by Gasteiger charge is 2.23. The molecule has 0 aromatic heterocycles. The molecule has 1 saturated heterocycles. The Hall–Kier alpha value is -3.06. The lowest BCUT2D eigenvalue weighted by Crippen LogP contribution is -2.43. The van der Waals surface area contributed by atoms with E-state index in [4.69, 9.17) is 9.47 Å². The standard InChI is InChI=1S/C25H33N3O4/c1-3-32-23-10-6-5-9-21(23)25(30)27-18-24(29)26-17-22(28-15-7-4-8-16-28)19-11-13-20(31-2)14-12-19/h5-6,9-14,22H,3-4,7-8,15-18H2,1-2H3,(H,26,29)(H,27,30). The molecule has 2 N–H and O–H groups in total. The Morgan fingerprint density at radius 3 is 2.41 bits per heavy atom. The predicted molar refractivity (Wildman–Crippen MR) is 124 cm³/mol. The molecule has 7 nitrogen and oxygen atoms in total. The summed E-state index contributed by atoms with van der Waals surface area (Å²) in [5, 5.41) is 5.69. The summed E-state index contributed by atoms with van der Waals surface area (Å²) >= 11 is 0. The minimum Gasteiger partial charge on any atom is -0.497 e. The number of hydrogen-bond donors (Lipinski definition) is 2. The highest BCUT2D eigenvalue weighted by molar-refractivity contribution is 5.98. The number of para-hydroxylation sites is 1. The summed E-state index contributed by atoms with van der Waals surface area (Å²) in [6, 6.07) is 15.1. The number of carbonyl (C=O) groups is 2. The Bertz CT molecular complexity index is 879. The van der Waals surface area contributed by atoms with Gasteiger partial charge >= 0.3 is 0 Å². The van der Waals surface area contributed by atoms with E-state index in [-0.39, 0.29) is 24.4 Å². The van der Waals surface area contributed by atoms with Crippen LogP contribution in [0.4, 0.5) is 0 Å². The number of hydrogen-bond acceptors (Lipinski definition) is 5. The Morgan fingerprint density at radius 1 is 1.00 bits per heavy atom.